The van der Waals surface area contributed by atoms with Crippen molar-refractivity contribution in [2.75, 3.05) is 5.32 Å². The molecule has 1 saturated carbocycles. The molecule has 4 aromatic rings. The van der Waals surface area contributed by atoms with E-state index in [1.54, 1.807) is 36.9 Å². The molecule has 0 unspecified atom stereocenters. The molecule has 0 bridgehead atoms. The van der Waals surface area contributed by atoms with Crippen molar-refractivity contribution in [3.05, 3.63) is 77.0 Å². The quantitative estimate of drug-likeness (QED) is 0.529. The maximum atomic E-state index is 13.0. The summed E-state index contributed by atoms with van der Waals surface area (Å²) in [6.45, 7) is 1.96. The number of carbonyl (C=O) groups excluding carboxylic acids is 1. The predicted molar refractivity (Wildman–Crippen MR) is 112 cm³/mol. The number of hydrogen-bond donors (Lipinski definition) is 1. The fourth-order valence-electron chi connectivity index (χ4n) is 3.31. The molecule has 150 valence electrons. The Morgan fingerprint density at radius 3 is 2.57 bits per heavy atom. The van der Waals surface area contributed by atoms with Gasteiger partial charge in [-0.2, -0.15) is 15.3 Å². The maximum absolute atomic E-state index is 13.0. The highest BCUT2D eigenvalue weighted by Gasteiger charge is 2.33. The second-order valence-corrected chi connectivity index (χ2v) is 7.65. The first-order valence-electron chi connectivity index (χ1n) is 9.58. The Hall–Kier alpha value is -3.52. The van der Waals surface area contributed by atoms with Gasteiger partial charge in [0.05, 0.1) is 47.4 Å². The van der Waals surface area contributed by atoms with E-state index in [1.807, 2.05) is 29.8 Å². The van der Waals surface area contributed by atoms with Gasteiger partial charge in [0.2, 0.25) is 0 Å². The number of aromatic nitrogens is 6. The monoisotopic (exact) mass is 419 g/mol. The SMILES string of the molecule is Cc1ccc(-n2ncc(C(=O)Nc3ccc(-n4nccn4)nc3)c2C2CC2)cc1Cl. The first-order chi connectivity index (χ1) is 14.6. The van der Waals surface area contributed by atoms with Crippen LogP contribution in [0, 0.1) is 6.92 Å². The summed E-state index contributed by atoms with van der Waals surface area (Å²) in [4.78, 5) is 18.7. The average molecular weight is 420 g/mol. The first-order valence-corrected chi connectivity index (χ1v) is 9.96. The molecule has 5 rings (SSSR count). The van der Waals surface area contributed by atoms with Crippen molar-refractivity contribution in [2.24, 2.45) is 0 Å². The number of aryl methyl sites for hydroxylation is 1. The molecular formula is C21H18ClN7O. The zero-order valence-corrected chi connectivity index (χ0v) is 16.9. The molecule has 0 atom stereocenters. The zero-order chi connectivity index (χ0) is 20.7. The van der Waals surface area contributed by atoms with E-state index in [0.717, 1.165) is 29.8 Å². The van der Waals surface area contributed by atoms with Crippen LogP contribution in [0.5, 0.6) is 0 Å². The molecule has 3 heterocycles. The molecule has 9 heteroatoms. The van der Waals surface area contributed by atoms with Crippen LogP contribution in [0.1, 0.15) is 40.4 Å². The second-order valence-electron chi connectivity index (χ2n) is 7.24. The maximum Gasteiger partial charge on any atom is 0.259 e. The van der Waals surface area contributed by atoms with Crippen LogP contribution in [0.25, 0.3) is 11.5 Å². The highest BCUT2D eigenvalue weighted by molar-refractivity contribution is 6.31. The summed E-state index contributed by atoms with van der Waals surface area (Å²) in [5.74, 6) is 0.675. The summed E-state index contributed by atoms with van der Waals surface area (Å²) in [6, 6.07) is 9.31. The minimum absolute atomic E-state index is 0.215. The lowest BCUT2D eigenvalue weighted by atomic mass is 10.1. The summed E-state index contributed by atoms with van der Waals surface area (Å²) >= 11 is 6.30. The van der Waals surface area contributed by atoms with E-state index < -0.39 is 0 Å². The molecular weight excluding hydrogens is 402 g/mol. The molecule has 1 fully saturated rings. The Balaban J connectivity index is 1.42. The van der Waals surface area contributed by atoms with Crippen molar-refractivity contribution < 1.29 is 4.79 Å². The molecule has 1 aromatic carbocycles. The summed E-state index contributed by atoms with van der Waals surface area (Å²) in [5.41, 5.74) is 3.91. The van der Waals surface area contributed by atoms with Gasteiger partial charge in [0, 0.05) is 10.9 Å². The van der Waals surface area contributed by atoms with Crippen molar-refractivity contribution in [2.45, 2.75) is 25.7 Å². The summed E-state index contributed by atoms with van der Waals surface area (Å²) in [5, 5.41) is 16.2. The van der Waals surface area contributed by atoms with Crippen molar-refractivity contribution in [3.63, 3.8) is 0 Å². The number of nitrogens with one attached hydrogen (secondary N) is 1. The van der Waals surface area contributed by atoms with Crippen LogP contribution < -0.4 is 5.32 Å². The van der Waals surface area contributed by atoms with E-state index in [0.29, 0.717) is 28.0 Å². The van der Waals surface area contributed by atoms with Gasteiger partial charge in [-0.15, -0.1) is 4.80 Å². The van der Waals surface area contributed by atoms with Crippen molar-refractivity contribution in [1.29, 1.82) is 0 Å². The number of rotatable bonds is 5. The molecule has 0 spiro atoms. The van der Waals surface area contributed by atoms with Gasteiger partial charge in [0.25, 0.3) is 5.91 Å². The van der Waals surface area contributed by atoms with Gasteiger partial charge in [0.15, 0.2) is 5.82 Å². The van der Waals surface area contributed by atoms with Gasteiger partial charge in [-0.1, -0.05) is 17.7 Å². The number of amides is 1. The highest BCUT2D eigenvalue weighted by atomic mass is 35.5. The molecule has 1 N–H and O–H groups in total. The van der Waals surface area contributed by atoms with Crippen molar-refractivity contribution in [3.8, 4) is 11.5 Å². The molecule has 1 amide bonds. The molecule has 8 nitrogen and oxygen atoms in total. The number of nitrogens with zero attached hydrogens (tertiary/aromatic N) is 6. The number of anilines is 1. The van der Waals surface area contributed by atoms with Crippen LogP contribution in [0.15, 0.2) is 55.1 Å². The zero-order valence-electron chi connectivity index (χ0n) is 16.2. The lowest BCUT2D eigenvalue weighted by Crippen LogP contribution is -2.14. The largest absolute Gasteiger partial charge is 0.320 e. The lowest BCUT2D eigenvalue weighted by molar-refractivity contribution is 0.102. The smallest absolute Gasteiger partial charge is 0.259 e. The van der Waals surface area contributed by atoms with E-state index >= 15 is 0 Å². The normalized spacial score (nSPS) is 13.4. The second kappa shape index (κ2) is 7.38. The van der Waals surface area contributed by atoms with Crippen LogP contribution in [0.2, 0.25) is 5.02 Å². The molecule has 0 aliphatic heterocycles. The van der Waals surface area contributed by atoms with Gasteiger partial charge < -0.3 is 5.32 Å². The van der Waals surface area contributed by atoms with Gasteiger partial charge in [-0.25, -0.2) is 9.67 Å². The van der Waals surface area contributed by atoms with Gasteiger partial charge in [-0.3, -0.25) is 4.79 Å². The van der Waals surface area contributed by atoms with E-state index in [-0.39, 0.29) is 5.91 Å². The Morgan fingerprint density at radius 1 is 1.10 bits per heavy atom. The van der Waals surface area contributed by atoms with Crippen molar-refractivity contribution >= 4 is 23.2 Å². The Bertz CT molecular complexity index is 1210. The highest BCUT2D eigenvalue weighted by Crippen LogP contribution is 2.42. The topological polar surface area (TPSA) is 90.5 Å². The fraction of sp³-hybridized carbons (Fsp3) is 0.190. The molecule has 3 aromatic heterocycles. The lowest BCUT2D eigenvalue weighted by Gasteiger charge is -2.11. The molecule has 0 saturated heterocycles. The Labute approximate surface area is 177 Å². The van der Waals surface area contributed by atoms with Crippen LogP contribution >= 0.6 is 11.6 Å². The Kier molecular flexibility index (Phi) is 4.55. The van der Waals surface area contributed by atoms with E-state index in [4.69, 9.17) is 11.6 Å². The number of carbonyl (C=O) groups is 1. The first kappa shape index (κ1) is 18.5. The third-order valence-electron chi connectivity index (χ3n) is 5.04. The van der Waals surface area contributed by atoms with Gasteiger partial charge >= 0.3 is 0 Å². The average Bonchev–Trinajstić information content (AvgIpc) is 3.26. The number of pyridine rings is 1. The standard InChI is InChI=1S/C21H18ClN7O/c1-13-2-6-16(10-18(13)22)28-20(14-3-4-14)17(12-26-28)21(30)27-15-5-7-19(23-11-15)29-24-8-9-25-29/h2,5-12,14H,3-4H2,1H3,(H,27,30). The third kappa shape index (κ3) is 3.46. The van der Waals surface area contributed by atoms with E-state index in [1.165, 1.54) is 4.80 Å². The predicted octanol–water partition coefficient (Wildman–Crippen LogP) is 3.94. The van der Waals surface area contributed by atoms with E-state index in [2.05, 4.69) is 25.6 Å². The fourth-order valence-corrected chi connectivity index (χ4v) is 3.49. The van der Waals surface area contributed by atoms with Gasteiger partial charge in [0.1, 0.15) is 0 Å². The molecule has 0 radical (unpaired) electrons. The number of hydrogen-bond acceptors (Lipinski definition) is 5. The summed E-state index contributed by atoms with van der Waals surface area (Å²) in [6.07, 6.45) is 8.44. The molecule has 1 aliphatic carbocycles. The van der Waals surface area contributed by atoms with Crippen LogP contribution in [0.4, 0.5) is 5.69 Å². The van der Waals surface area contributed by atoms with E-state index in [9.17, 15) is 4.79 Å². The summed E-state index contributed by atoms with van der Waals surface area (Å²) in [7, 11) is 0. The van der Waals surface area contributed by atoms with Crippen LogP contribution in [-0.2, 0) is 0 Å². The number of halogens is 1. The molecule has 1 aliphatic rings. The van der Waals surface area contributed by atoms with Gasteiger partial charge in [-0.05, 0) is 49.6 Å². The summed E-state index contributed by atoms with van der Waals surface area (Å²) < 4.78 is 1.82. The third-order valence-corrected chi connectivity index (χ3v) is 5.45. The Morgan fingerprint density at radius 2 is 1.90 bits per heavy atom. The van der Waals surface area contributed by atoms with Crippen LogP contribution in [-0.4, -0.2) is 35.7 Å². The number of benzene rings is 1. The van der Waals surface area contributed by atoms with Crippen molar-refractivity contribution in [1.82, 2.24) is 29.8 Å². The molecule has 30 heavy (non-hydrogen) atoms. The van der Waals surface area contributed by atoms with Crippen LogP contribution in [0.3, 0.4) is 0 Å². The minimum atomic E-state index is -0.215. The minimum Gasteiger partial charge on any atom is -0.320 e.